The van der Waals surface area contributed by atoms with Gasteiger partial charge in [-0.3, -0.25) is 9.89 Å². The van der Waals surface area contributed by atoms with E-state index in [1.807, 2.05) is 0 Å². The number of hydrogen-bond acceptors (Lipinski definition) is 2. The smallest absolute Gasteiger partial charge is 0.191 e. The Morgan fingerprint density at radius 2 is 2.12 bits per heavy atom. The number of aryl methyl sites for hydroxylation is 1. The highest BCUT2D eigenvalue weighted by Crippen LogP contribution is 2.42. The van der Waals surface area contributed by atoms with Crippen molar-refractivity contribution in [3.8, 4) is 0 Å². The molecule has 1 aromatic carbocycles. The van der Waals surface area contributed by atoms with E-state index in [4.69, 9.17) is 4.99 Å². The van der Waals surface area contributed by atoms with Crippen molar-refractivity contribution in [3.05, 3.63) is 35.4 Å². The van der Waals surface area contributed by atoms with Crippen LogP contribution in [0.1, 0.15) is 50.2 Å². The molecule has 2 fully saturated rings. The van der Waals surface area contributed by atoms with Gasteiger partial charge >= 0.3 is 0 Å². The fourth-order valence-corrected chi connectivity index (χ4v) is 3.91. The molecule has 1 saturated carbocycles. The van der Waals surface area contributed by atoms with Crippen molar-refractivity contribution in [3.63, 3.8) is 0 Å². The van der Waals surface area contributed by atoms with Crippen LogP contribution in [0.15, 0.2) is 29.3 Å². The van der Waals surface area contributed by atoms with E-state index in [1.165, 1.54) is 36.9 Å². The molecule has 24 heavy (non-hydrogen) atoms. The minimum absolute atomic E-state index is 0.523. The van der Waals surface area contributed by atoms with Gasteiger partial charge in [0.2, 0.25) is 0 Å². The van der Waals surface area contributed by atoms with E-state index in [1.54, 1.807) is 0 Å². The summed E-state index contributed by atoms with van der Waals surface area (Å²) < 4.78 is 0. The highest BCUT2D eigenvalue weighted by Gasteiger charge is 2.39. The number of benzene rings is 1. The molecule has 0 radical (unpaired) electrons. The Labute approximate surface area is 146 Å². The highest BCUT2D eigenvalue weighted by atomic mass is 15.2. The topological polar surface area (TPSA) is 39.7 Å². The number of rotatable bonds is 6. The monoisotopic (exact) mass is 328 g/mol. The van der Waals surface area contributed by atoms with Crippen molar-refractivity contribution in [2.24, 2.45) is 4.99 Å². The summed E-state index contributed by atoms with van der Waals surface area (Å²) in [5, 5.41) is 7.06. The summed E-state index contributed by atoms with van der Waals surface area (Å²) in [6.07, 6.45) is 3.81. The summed E-state index contributed by atoms with van der Waals surface area (Å²) in [5.41, 5.74) is 2.89. The lowest BCUT2D eigenvalue weighted by Gasteiger charge is -2.21. The Bertz CT molecular complexity index is 569. The minimum atomic E-state index is 0.523. The standard InChI is InChI=1S/C20H32N4/c1-4-21-20(22-14-16-10-8-12-24(16)5-2)23-19-13-18(19)17-11-7-6-9-15(17)3/h6-7,9,11,16,18-19H,4-5,8,10,12-14H2,1-3H3,(H2,21,22,23). The Kier molecular flexibility index (Phi) is 5.77. The Morgan fingerprint density at radius 3 is 2.88 bits per heavy atom. The van der Waals surface area contributed by atoms with Crippen LogP contribution in [0.3, 0.4) is 0 Å². The lowest BCUT2D eigenvalue weighted by Crippen LogP contribution is -2.40. The average Bonchev–Trinajstić information content (AvgIpc) is 3.18. The molecule has 1 heterocycles. The van der Waals surface area contributed by atoms with Crippen LogP contribution in [0, 0.1) is 6.92 Å². The van der Waals surface area contributed by atoms with E-state index < -0.39 is 0 Å². The number of likely N-dealkylation sites (tertiary alicyclic amines) is 1. The van der Waals surface area contributed by atoms with E-state index in [0.717, 1.165) is 25.6 Å². The molecule has 132 valence electrons. The van der Waals surface area contributed by atoms with Gasteiger partial charge in [0.1, 0.15) is 0 Å². The molecule has 1 aliphatic carbocycles. The molecule has 2 aliphatic rings. The zero-order chi connectivity index (χ0) is 16.9. The van der Waals surface area contributed by atoms with Gasteiger partial charge in [-0.1, -0.05) is 31.2 Å². The molecule has 1 saturated heterocycles. The SMILES string of the molecule is CCNC(=NCC1CCCN1CC)NC1CC1c1ccccc1C. The second-order valence-electron chi connectivity index (χ2n) is 7.09. The van der Waals surface area contributed by atoms with Crippen LogP contribution >= 0.6 is 0 Å². The largest absolute Gasteiger partial charge is 0.357 e. The summed E-state index contributed by atoms with van der Waals surface area (Å²) in [6.45, 7) is 10.8. The molecule has 1 aliphatic heterocycles. The first-order valence-electron chi connectivity index (χ1n) is 9.57. The maximum Gasteiger partial charge on any atom is 0.191 e. The van der Waals surface area contributed by atoms with E-state index in [9.17, 15) is 0 Å². The van der Waals surface area contributed by atoms with Gasteiger partial charge in [0, 0.05) is 24.5 Å². The fraction of sp³-hybridized carbons (Fsp3) is 0.650. The van der Waals surface area contributed by atoms with Crippen molar-refractivity contribution < 1.29 is 0 Å². The van der Waals surface area contributed by atoms with Crippen LogP contribution in [-0.2, 0) is 0 Å². The van der Waals surface area contributed by atoms with E-state index in [2.05, 4.69) is 60.6 Å². The number of aliphatic imine (C=N–C) groups is 1. The normalized spacial score (nSPS) is 27.3. The predicted molar refractivity (Wildman–Crippen MR) is 102 cm³/mol. The van der Waals surface area contributed by atoms with E-state index in [-0.39, 0.29) is 0 Å². The summed E-state index contributed by atoms with van der Waals surface area (Å²) in [5.74, 6) is 1.62. The number of guanidine groups is 1. The molecule has 3 unspecified atom stereocenters. The van der Waals surface area contributed by atoms with E-state index in [0.29, 0.717) is 18.0 Å². The van der Waals surface area contributed by atoms with Crippen LogP contribution in [0.2, 0.25) is 0 Å². The maximum atomic E-state index is 4.88. The summed E-state index contributed by atoms with van der Waals surface area (Å²) in [6, 6.07) is 9.89. The van der Waals surface area contributed by atoms with Crippen molar-refractivity contribution in [1.29, 1.82) is 0 Å². The summed E-state index contributed by atoms with van der Waals surface area (Å²) in [4.78, 5) is 7.43. The second kappa shape index (κ2) is 8.02. The van der Waals surface area contributed by atoms with Crippen LogP contribution in [0.25, 0.3) is 0 Å². The number of nitrogens with zero attached hydrogens (tertiary/aromatic N) is 2. The van der Waals surface area contributed by atoms with Crippen molar-refractivity contribution in [2.45, 2.75) is 58.0 Å². The molecule has 0 amide bonds. The fourth-order valence-electron chi connectivity index (χ4n) is 3.91. The first kappa shape index (κ1) is 17.3. The van der Waals surface area contributed by atoms with Gasteiger partial charge in [-0.2, -0.15) is 0 Å². The van der Waals surface area contributed by atoms with Gasteiger partial charge in [-0.05, 0) is 57.3 Å². The summed E-state index contributed by atoms with van der Waals surface area (Å²) >= 11 is 0. The molecule has 1 aromatic rings. The molecule has 0 bridgehead atoms. The Balaban J connectivity index is 1.57. The molecule has 3 atom stereocenters. The van der Waals surface area contributed by atoms with E-state index >= 15 is 0 Å². The predicted octanol–water partition coefficient (Wildman–Crippen LogP) is 2.89. The van der Waals surface area contributed by atoms with Crippen molar-refractivity contribution >= 4 is 5.96 Å². The quantitative estimate of drug-likeness (QED) is 0.623. The van der Waals surface area contributed by atoms with Crippen LogP contribution in [-0.4, -0.2) is 49.1 Å². The first-order chi connectivity index (χ1) is 11.7. The zero-order valence-electron chi connectivity index (χ0n) is 15.4. The number of hydrogen-bond donors (Lipinski definition) is 2. The van der Waals surface area contributed by atoms with Crippen LogP contribution < -0.4 is 10.6 Å². The Morgan fingerprint density at radius 1 is 1.29 bits per heavy atom. The number of likely N-dealkylation sites (N-methyl/N-ethyl adjacent to an activating group) is 1. The molecule has 0 aromatic heterocycles. The van der Waals surface area contributed by atoms with Crippen LogP contribution in [0.4, 0.5) is 0 Å². The minimum Gasteiger partial charge on any atom is -0.357 e. The van der Waals surface area contributed by atoms with Crippen molar-refractivity contribution in [2.75, 3.05) is 26.2 Å². The first-order valence-corrected chi connectivity index (χ1v) is 9.57. The van der Waals surface area contributed by atoms with Crippen molar-refractivity contribution in [1.82, 2.24) is 15.5 Å². The van der Waals surface area contributed by atoms with Gasteiger partial charge < -0.3 is 10.6 Å². The molecule has 2 N–H and O–H groups in total. The Hall–Kier alpha value is -1.55. The van der Waals surface area contributed by atoms with Gasteiger partial charge in [0.05, 0.1) is 6.54 Å². The van der Waals surface area contributed by atoms with Gasteiger partial charge in [0.15, 0.2) is 5.96 Å². The number of nitrogens with one attached hydrogen (secondary N) is 2. The molecule has 0 spiro atoms. The zero-order valence-corrected chi connectivity index (χ0v) is 15.4. The molecular formula is C20H32N4. The van der Waals surface area contributed by atoms with Gasteiger partial charge in [-0.15, -0.1) is 0 Å². The van der Waals surface area contributed by atoms with Crippen LogP contribution in [0.5, 0.6) is 0 Å². The molecular weight excluding hydrogens is 296 g/mol. The molecule has 4 nitrogen and oxygen atoms in total. The lowest BCUT2D eigenvalue weighted by atomic mass is 10.0. The second-order valence-corrected chi connectivity index (χ2v) is 7.09. The summed E-state index contributed by atoms with van der Waals surface area (Å²) in [7, 11) is 0. The molecule has 3 rings (SSSR count). The van der Waals surface area contributed by atoms with Gasteiger partial charge in [0.25, 0.3) is 0 Å². The third-order valence-corrected chi connectivity index (χ3v) is 5.41. The van der Waals surface area contributed by atoms with Gasteiger partial charge in [-0.25, -0.2) is 0 Å². The molecule has 4 heteroatoms. The third kappa shape index (κ3) is 4.10. The highest BCUT2D eigenvalue weighted by molar-refractivity contribution is 5.80. The third-order valence-electron chi connectivity index (χ3n) is 5.41. The lowest BCUT2D eigenvalue weighted by molar-refractivity contribution is 0.273. The maximum absolute atomic E-state index is 4.88. The average molecular weight is 329 g/mol.